The van der Waals surface area contributed by atoms with Crippen molar-refractivity contribution in [3.8, 4) is 11.8 Å². The second-order valence-electron chi connectivity index (χ2n) is 4.40. The second kappa shape index (κ2) is 7.02. The van der Waals surface area contributed by atoms with Gasteiger partial charge >= 0.3 is 0 Å². The fourth-order valence-corrected chi connectivity index (χ4v) is 2.60. The zero-order chi connectivity index (χ0) is 15.2. The van der Waals surface area contributed by atoms with Gasteiger partial charge in [-0.2, -0.15) is 0 Å². The Hall–Kier alpha value is -2.16. The van der Waals surface area contributed by atoms with Crippen LogP contribution in [0.4, 0.5) is 4.39 Å². The van der Waals surface area contributed by atoms with E-state index in [2.05, 4.69) is 17.2 Å². The van der Waals surface area contributed by atoms with Crippen molar-refractivity contribution in [2.24, 2.45) is 5.73 Å². The number of halogens is 1. The zero-order valence-electron chi connectivity index (χ0n) is 11.6. The standard InChI is InChI=1S/C16H15FN2OS/c1-11-4-6-13(21-11)10-19-16(20)14-9-12(3-2-8-18)5-7-15(14)17/h4-7,9H,8,10,18H2,1H3,(H,19,20). The highest BCUT2D eigenvalue weighted by molar-refractivity contribution is 7.11. The molecular formula is C16H15FN2OS. The van der Waals surface area contributed by atoms with Gasteiger partial charge in [0.2, 0.25) is 0 Å². The molecule has 0 bridgehead atoms. The fraction of sp³-hybridized carbons (Fsp3) is 0.188. The predicted octanol–water partition coefficient (Wildman–Crippen LogP) is 2.44. The van der Waals surface area contributed by atoms with Gasteiger partial charge in [0.05, 0.1) is 18.7 Å². The van der Waals surface area contributed by atoms with Crippen LogP contribution in [0.5, 0.6) is 0 Å². The number of nitrogens with two attached hydrogens (primary N) is 1. The first-order chi connectivity index (χ1) is 10.1. The van der Waals surface area contributed by atoms with Crippen LogP contribution in [0.25, 0.3) is 0 Å². The minimum atomic E-state index is -0.562. The lowest BCUT2D eigenvalue weighted by Crippen LogP contribution is -2.23. The maximum Gasteiger partial charge on any atom is 0.254 e. The number of amides is 1. The molecule has 0 saturated carbocycles. The first-order valence-corrected chi connectivity index (χ1v) is 7.24. The van der Waals surface area contributed by atoms with Crippen molar-refractivity contribution in [1.29, 1.82) is 0 Å². The highest BCUT2D eigenvalue weighted by atomic mass is 32.1. The number of carbonyl (C=O) groups is 1. The molecule has 0 aliphatic rings. The van der Waals surface area contributed by atoms with E-state index in [4.69, 9.17) is 5.73 Å². The quantitative estimate of drug-likeness (QED) is 0.856. The van der Waals surface area contributed by atoms with Crippen molar-refractivity contribution in [1.82, 2.24) is 5.32 Å². The summed E-state index contributed by atoms with van der Waals surface area (Å²) in [5.74, 6) is 4.45. The van der Waals surface area contributed by atoms with Gasteiger partial charge in [0.15, 0.2) is 0 Å². The third-order valence-corrected chi connectivity index (χ3v) is 3.77. The highest BCUT2D eigenvalue weighted by Crippen LogP contribution is 2.15. The summed E-state index contributed by atoms with van der Waals surface area (Å²) in [4.78, 5) is 14.3. The molecule has 0 atom stereocenters. The van der Waals surface area contributed by atoms with Gasteiger partial charge in [-0.25, -0.2) is 4.39 Å². The van der Waals surface area contributed by atoms with E-state index < -0.39 is 11.7 Å². The van der Waals surface area contributed by atoms with Gasteiger partial charge in [-0.3, -0.25) is 4.79 Å². The lowest BCUT2D eigenvalue weighted by Gasteiger charge is -2.05. The van der Waals surface area contributed by atoms with Crippen LogP contribution in [-0.2, 0) is 6.54 Å². The molecule has 0 aliphatic carbocycles. The number of hydrogen-bond acceptors (Lipinski definition) is 3. The molecule has 1 amide bonds. The number of thiophene rings is 1. The average Bonchev–Trinajstić information content (AvgIpc) is 2.89. The molecule has 0 radical (unpaired) electrons. The summed E-state index contributed by atoms with van der Waals surface area (Å²) in [6.45, 7) is 2.60. The molecule has 0 aliphatic heterocycles. The molecule has 108 valence electrons. The van der Waals surface area contributed by atoms with Crippen molar-refractivity contribution in [3.05, 3.63) is 57.0 Å². The number of nitrogens with one attached hydrogen (secondary N) is 1. The normalized spacial score (nSPS) is 9.86. The van der Waals surface area contributed by atoms with E-state index in [0.29, 0.717) is 12.1 Å². The van der Waals surface area contributed by atoms with Crippen LogP contribution in [0.2, 0.25) is 0 Å². The first-order valence-electron chi connectivity index (χ1n) is 6.42. The third kappa shape index (κ3) is 4.15. The minimum absolute atomic E-state index is 0.00732. The summed E-state index contributed by atoms with van der Waals surface area (Å²) >= 11 is 1.60. The molecule has 2 aromatic rings. The average molecular weight is 302 g/mol. The second-order valence-corrected chi connectivity index (χ2v) is 5.77. The Bertz CT molecular complexity index is 713. The maximum atomic E-state index is 13.7. The number of aryl methyl sites for hydroxylation is 1. The van der Waals surface area contributed by atoms with E-state index in [1.165, 1.54) is 23.1 Å². The summed E-state index contributed by atoms with van der Waals surface area (Å²) in [5, 5.41) is 2.71. The van der Waals surface area contributed by atoms with E-state index in [-0.39, 0.29) is 12.1 Å². The Morgan fingerprint density at radius 2 is 2.19 bits per heavy atom. The van der Waals surface area contributed by atoms with Gasteiger partial charge < -0.3 is 11.1 Å². The van der Waals surface area contributed by atoms with Gasteiger partial charge in [-0.05, 0) is 37.3 Å². The predicted molar refractivity (Wildman–Crippen MR) is 82.6 cm³/mol. The number of benzene rings is 1. The highest BCUT2D eigenvalue weighted by Gasteiger charge is 2.12. The summed E-state index contributed by atoms with van der Waals surface area (Å²) in [5.41, 5.74) is 5.85. The van der Waals surface area contributed by atoms with Gasteiger partial charge in [-0.15, -0.1) is 11.3 Å². The SMILES string of the molecule is Cc1ccc(CNC(=O)c2cc(C#CCN)ccc2F)s1. The Morgan fingerprint density at radius 1 is 1.38 bits per heavy atom. The van der Waals surface area contributed by atoms with Gasteiger partial charge in [0, 0.05) is 15.3 Å². The molecule has 0 fully saturated rings. The van der Waals surface area contributed by atoms with E-state index in [1.807, 2.05) is 19.1 Å². The molecule has 1 heterocycles. The lowest BCUT2D eigenvalue weighted by molar-refractivity contribution is 0.0947. The minimum Gasteiger partial charge on any atom is -0.347 e. The smallest absolute Gasteiger partial charge is 0.254 e. The van der Waals surface area contributed by atoms with Crippen LogP contribution in [-0.4, -0.2) is 12.5 Å². The molecule has 3 N–H and O–H groups in total. The lowest BCUT2D eigenvalue weighted by atomic mass is 10.1. The van der Waals surface area contributed by atoms with Gasteiger partial charge in [0.1, 0.15) is 5.82 Å². The van der Waals surface area contributed by atoms with Crippen LogP contribution in [0.15, 0.2) is 30.3 Å². The number of carbonyl (C=O) groups excluding carboxylic acids is 1. The first kappa shape index (κ1) is 15.2. The van der Waals surface area contributed by atoms with Crippen LogP contribution in [0.3, 0.4) is 0 Å². The van der Waals surface area contributed by atoms with Crippen LogP contribution < -0.4 is 11.1 Å². The molecule has 1 aromatic heterocycles. The molecule has 2 rings (SSSR count). The van der Waals surface area contributed by atoms with E-state index in [9.17, 15) is 9.18 Å². The summed E-state index contributed by atoms with van der Waals surface area (Å²) in [6.07, 6.45) is 0. The van der Waals surface area contributed by atoms with Crippen molar-refractivity contribution < 1.29 is 9.18 Å². The Labute approximate surface area is 127 Å². The molecule has 0 saturated heterocycles. The summed E-state index contributed by atoms with van der Waals surface area (Å²) in [7, 11) is 0. The summed E-state index contributed by atoms with van der Waals surface area (Å²) < 4.78 is 13.7. The van der Waals surface area contributed by atoms with Crippen molar-refractivity contribution in [3.63, 3.8) is 0 Å². The molecule has 0 unspecified atom stereocenters. The number of rotatable bonds is 3. The van der Waals surface area contributed by atoms with Crippen molar-refractivity contribution >= 4 is 17.2 Å². The fourth-order valence-electron chi connectivity index (χ4n) is 1.77. The van der Waals surface area contributed by atoms with Crippen molar-refractivity contribution in [2.45, 2.75) is 13.5 Å². The Balaban J connectivity index is 2.10. The van der Waals surface area contributed by atoms with Crippen LogP contribution >= 0.6 is 11.3 Å². The molecule has 1 aromatic carbocycles. The summed E-state index contributed by atoms with van der Waals surface area (Å²) in [6, 6.07) is 8.13. The van der Waals surface area contributed by atoms with E-state index >= 15 is 0 Å². The Kier molecular flexibility index (Phi) is 5.09. The molecule has 21 heavy (non-hydrogen) atoms. The molecule has 0 spiro atoms. The Morgan fingerprint density at radius 3 is 2.86 bits per heavy atom. The molecular weight excluding hydrogens is 287 g/mol. The van der Waals surface area contributed by atoms with Crippen molar-refractivity contribution in [2.75, 3.05) is 6.54 Å². The number of hydrogen-bond donors (Lipinski definition) is 2. The maximum absolute atomic E-state index is 13.7. The van der Waals surface area contributed by atoms with Crippen LogP contribution in [0, 0.1) is 24.6 Å². The molecule has 3 nitrogen and oxygen atoms in total. The monoisotopic (exact) mass is 302 g/mol. The molecule has 5 heteroatoms. The third-order valence-electron chi connectivity index (χ3n) is 2.76. The topological polar surface area (TPSA) is 55.1 Å². The van der Waals surface area contributed by atoms with Gasteiger partial charge in [-0.1, -0.05) is 11.8 Å². The zero-order valence-corrected chi connectivity index (χ0v) is 12.4. The van der Waals surface area contributed by atoms with Crippen LogP contribution in [0.1, 0.15) is 25.7 Å². The largest absolute Gasteiger partial charge is 0.347 e. The van der Waals surface area contributed by atoms with E-state index in [0.717, 1.165) is 4.88 Å². The van der Waals surface area contributed by atoms with Gasteiger partial charge in [0.25, 0.3) is 5.91 Å². The van der Waals surface area contributed by atoms with E-state index in [1.54, 1.807) is 11.3 Å².